The summed E-state index contributed by atoms with van der Waals surface area (Å²) in [5.74, 6) is 1.29. The van der Waals surface area contributed by atoms with Crippen molar-refractivity contribution in [3.8, 4) is 0 Å². The van der Waals surface area contributed by atoms with E-state index in [1.165, 1.54) is 5.56 Å². The van der Waals surface area contributed by atoms with Gasteiger partial charge in [-0.3, -0.25) is 4.79 Å². The highest BCUT2D eigenvalue weighted by Gasteiger charge is 2.15. The molecule has 26 heavy (non-hydrogen) atoms. The van der Waals surface area contributed by atoms with Crippen molar-refractivity contribution in [1.82, 2.24) is 9.97 Å². The monoisotopic (exact) mass is 367 g/mol. The lowest BCUT2D eigenvalue weighted by molar-refractivity contribution is -0.113. The second-order valence-electron chi connectivity index (χ2n) is 7.47. The number of anilines is 1. The van der Waals surface area contributed by atoms with Gasteiger partial charge in [-0.2, -0.15) is 0 Å². The molecule has 136 valence electrons. The van der Waals surface area contributed by atoms with Crippen LogP contribution in [0.1, 0.15) is 44.3 Å². The smallest absolute Gasteiger partial charge is 0.234 e. The molecule has 0 aliphatic carbocycles. The summed E-state index contributed by atoms with van der Waals surface area (Å²) >= 11 is 1.57. The number of carbonyl (C=O) groups is 1. The Morgan fingerprint density at radius 1 is 1.15 bits per heavy atom. The van der Waals surface area contributed by atoms with Crippen molar-refractivity contribution in [2.45, 2.75) is 38.4 Å². The molecule has 0 fully saturated rings. The minimum atomic E-state index is 0.00136. The predicted octanol–water partition coefficient (Wildman–Crippen LogP) is 5.29. The number of imidazole rings is 1. The van der Waals surface area contributed by atoms with Crippen LogP contribution in [0.25, 0.3) is 11.0 Å². The number of rotatable bonds is 5. The third-order valence-electron chi connectivity index (χ3n) is 4.29. The van der Waals surface area contributed by atoms with Crippen molar-refractivity contribution in [2.24, 2.45) is 0 Å². The maximum absolute atomic E-state index is 12.2. The second kappa shape index (κ2) is 7.54. The van der Waals surface area contributed by atoms with Crippen LogP contribution < -0.4 is 5.32 Å². The van der Waals surface area contributed by atoms with E-state index in [4.69, 9.17) is 0 Å². The number of H-pyrrole nitrogens is 1. The van der Waals surface area contributed by atoms with Gasteiger partial charge in [0.15, 0.2) is 0 Å². The van der Waals surface area contributed by atoms with Gasteiger partial charge < -0.3 is 10.3 Å². The van der Waals surface area contributed by atoms with Gasteiger partial charge in [-0.25, -0.2) is 4.98 Å². The fraction of sp³-hybridized carbons (Fsp3) is 0.333. The molecule has 0 spiro atoms. The lowest BCUT2D eigenvalue weighted by atomic mass is 9.87. The standard InChI is InChI=1S/C21H25N3OS/c1-14(20-23-17-7-5-6-8-18(17)24-20)26-13-19(25)22-16-11-9-15(10-12-16)21(2,3)4/h5-12,14H,13H2,1-4H3,(H,22,25)(H,23,24)/t14-/m1/s1. The summed E-state index contributed by atoms with van der Waals surface area (Å²) in [6, 6.07) is 16.0. The topological polar surface area (TPSA) is 57.8 Å². The average Bonchev–Trinajstić information content (AvgIpc) is 3.03. The highest BCUT2D eigenvalue weighted by molar-refractivity contribution is 8.00. The molecule has 1 amide bonds. The average molecular weight is 368 g/mol. The molecule has 1 heterocycles. The van der Waals surface area contributed by atoms with Crippen LogP contribution in [0.3, 0.4) is 0 Å². The molecule has 2 aromatic carbocycles. The SMILES string of the molecule is C[C@@H](SCC(=O)Nc1ccc(C(C)(C)C)cc1)c1nc2ccccc2[nH]1. The summed E-state index contributed by atoms with van der Waals surface area (Å²) < 4.78 is 0. The van der Waals surface area contributed by atoms with E-state index >= 15 is 0 Å². The molecule has 0 aliphatic rings. The molecule has 4 nitrogen and oxygen atoms in total. The second-order valence-corrected chi connectivity index (χ2v) is 8.80. The van der Waals surface area contributed by atoms with Gasteiger partial charge in [0.1, 0.15) is 5.82 Å². The minimum absolute atomic E-state index is 0.00136. The van der Waals surface area contributed by atoms with E-state index in [0.717, 1.165) is 22.5 Å². The largest absolute Gasteiger partial charge is 0.341 e. The molecular formula is C21H25N3OS. The zero-order chi connectivity index (χ0) is 18.7. The summed E-state index contributed by atoms with van der Waals surface area (Å²) in [4.78, 5) is 20.2. The summed E-state index contributed by atoms with van der Waals surface area (Å²) in [6.45, 7) is 8.60. The van der Waals surface area contributed by atoms with E-state index in [-0.39, 0.29) is 16.6 Å². The van der Waals surface area contributed by atoms with Gasteiger partial charge in [0.2, 0.25) is 5.91 Å². The number of nitrogens with zero attached hydrogens (tertiary/aromatic N) is 1. The molecule has 3 aromatic rings. The van der Waals surface area contributed by atoms with Crippen LogP contribution in [-0.2, 0) is 10.2 Å². The number of benzene rings is 2. The van der Waals surface area contributed by atoms with Crippen LogP contribution in [0.15, 0.2) is 48.5 Å². The molecule has 0 aliphatic heterocycles. The van der Waals surface area contributed by atoms with Gasteiger partial charge in [-0.1, -0.05) is 45.0 Å². The lowest BCUT2D eigenvalue weighted by Crippen LogP contribution is -2.15. The molecule has 1 aromatic heterocycles. The Bertz CT molecular complexity index is 861. The first kappa shape index (κ1) is 18.5. The number of amides is 1. The van der Waals surface area contributed by atoms with Crippen molar-refractivity contribution in [3.63, 3.8) is 0 Å². The number of nitrogens with one attached hydrogen (secondary N) is 2. The number of para-hydroxylation sites is 2. The first-order valence-corrected chi connectivity index (χ1v) is 9.84. The zero-order valence-corrected chi connectivity index (χ0v) is 16.5. The van der Waals surface area contributed by atoms with E-state index in [1.807, 2.05) is 36.4 Å². The summed E-state index contributed by atoms with van der Waals surface area (Å²) in [5.41, 5.74) is 4.18. The molecule has 0 saturated heterocycles. The Balaban J connectivity index is 1.55. The number of hydrogen-bond acceptors (Lipinski definition) is 3. The lowest BCUT2D eigenvalue weighted by Gasteiger charge is -2.19. The van der Waals surface area contributed by atoms with E-state index in [1.54, 1.807) is 11.8 Å². The molecule has 0 saturated carbocycles. The van der Waals surface area contributed by atoms with E-state index in [9.17, 15) is 4.79 Å². The highest BCUT2D eigenvalue weighted by Crippen LogP contribution is 2.28. The Labute approximate surface area is 158 Å². The number of thioether (sulfide) groups is 1. The molecule has 0 bridgehead atoms. The fourth-order valence-electron chi connectivity index (χ4n) is 2.70. The van der Waals surface area contributed by atoms with Crippen LogP contribution in [0.5, 0.6) is 0 Å². The quantitative estimate of drug-likeness (QED) is 0.644. The molecule has 5 heteroatoms. The molecule has 1 atom stereocenters. The zero-order valence-electron chi connectivity index (χ0n) is 15.7. The maximum atomic E-state index is 12.2. The van der Waals surface area contributed by atoms with Crippen molar-refractivity contribution in [3.05, 3.63) is 59.9 Å². The van der Waals surface area contributed by atoms with E-state index < -0.39 is 0 Å². The Hall–Kier alpha value is -2.27. The minimum Gasteiger partial charge on any atom is -0.341 e. The Morgan fingerprint density at radius 2 is 1.85 bits per heavy atom. The van der Waals surface area contributed by atoms with Gasteiger partial charge >= 0.3 is 0 Å². The van der Waals surface area contributed by atoms with Crippen LogP contribution in [-0.4, -0.2) is 21.6 Å². The normalized spacial score (nSPS) is 12.9. The first-order valence-electron chi connectivity index (χ1n) is 8.79. The number of hydrogen-bond donors (Lipinski definition) is 2. The molecule has 0 radical (unpaired) electrons. The van der Waals surface area contributed by atoms with Crippen molar-refractivity contribution in [2.75, 3.05) is 11.1 Å². The van der Waals surface area contributed by atoms with Crippen LogP contribution in [0, 0.1) is 0 Å². The van der Waals surface area contributed by atoms with Crippen LogP contribution in [0.4, 0.5) is 5.69 Å². The number of fused-ring (bicyclic) bond motifs is 1. The molecule has 0 unspecified atom stereocenters. The van der Waals surface area contributed by atoms with Gasteiger partial charge in [-0.15, -0.1) is 11.8 Å². The van der Waals surface area contributed by atoms with Crippen molar-refractivity contribution in [1.29, 1.82) is 0 Å². The number of aromatic amines is 1. The molecule has 3 rings (SSSR count). The van der Waals surface area contributed by atoms with Crippen LogP contribution in [0.2, 0.25) is 0 Å². The van der Waals surface area contributed by atoms with Gasteiger partial charge in [0.05, 0.1) is 22.0 Å². The molecule has 2 N–H and O–H groups in total. The Kier molecular flexibility index (Phi) is 5.37. The first-order chi connectivity index (χ1) is 12.3. The highest BCUT2D eigenvalue weighted by atomic mass is 32.2. The van der Waals surface area contributed by atoms with Gasteiger partial charge in [0.25, 0.3) is 0 Å². The third kappa shape index (κ3) is 4.47. The summed E-state index contributed by atoms with van der Waals surface area (Å²) in [6.07, 6.45) is 0. The van der Waals surface area contributed by atoms with Crippen molar-refractivity contribution >= 4 is 34.4 Å². The van der Waals surface area contributed by atoms with E-state index in [2.05, 4.69) is 55.1 Å². The summed E-state index contributed by atoms with van der Waals surface area (Å²) in [5, 5.41) is 3.09. The Morgan fingerprint density at radius 3 is 2.50 bits per heavy atom. The number of carbonyl (C=O) groups excluding carboxylic acids is 1. The van der Waals surface area contributed by atoms with Crippen molar-refractivity contribution < 1.29 is 4.79 Å². The summed E-state index contributed by atoms with van der Waals surface area (Å²) in [7, 11) is 0. The van der Waals surface area contributed by atoms with Crippen LogP contribution >= 0.6 is 11.8 Å². The molecular weight excluding hydrogens is 342 g/mol. The number of aromatic nitrogens is 2. The van der Waals surface area contributed by atoms with Gasteiger partial charge in [-0.05, 0) is 42.2 Å². The third-order valence-corrected chi connectivity index (χ3v) is 5.44. The predicted molar refractivity (Wildman–Crippen MR) is 111 cm³/mol. The van der Waals surface area contributed by atoms with E-state index in [0.29, 0.717) is 5.75 Å². The fourth-order valence-corrected chi connectivity index (χ4v) is 3.44. The maximum Gasteiger partial charge on any atom is 0.234 e. The van der Waals surface area contributed by atoms with Gasteiger partial charge in [0, 0.05) is 5.69 Å².